The summed E-state index contributed by atoms with van der Waals surface area (Å²) in [6.45, 7) is 1.84. The summed E-state index contributed by atoms with van der Waals surface area (Å²) < 4.78 is 4.53. The smallest absolute Gasteiger partial charge is 0.328 e. The number of carbonyl (C=O) groups excluding carboxylic acids is 2. The van der Waals surface area contributed by atoms with Crippen molar-refractivity contribution in [2.24, 2.45) is 5.73 Å². The van der Waals surface area contributed by atoms with Gasteiger partial charge in [0.05, 0.1) is 7.11 Å². The van der Waals surface area contributed by atoms with Gasteiger partial charge in [-0.1, -0.05) is 18.2 Å². The summed E-state index contributed by atoms with van der Waals surface area (Å²) in [6.07, 6.45) is 0. The lowest BCUT2D eigenvalue weighted by atomic mass is 10.1. The predicted octanol–water partition coefficient (Wildman–Crippen LogP) is 0.437. The number of carbonyl (C=O) groups is 2. The van der Waals surface area contributed by atoms with E-state index in [1.165, 1.54) is 7.11 Å². The zero-order valence-corrected chi connectivity index (χ0v) is 9.90. The third-order valence-electron chi connectivity index (χ3n) is 2.38. The molecule has 0 bridgehead atoms. The molecule has 0 fully saturated rings. The number of hydrogen-bond donors (Lipinski definition) is 2. The highest BCUT2D eigenvalue weighted by Gasteiger charge is 2.18. The Morgan fingerprint density at radius 1 is 1.41 bits per heavy atom. The highest BCUT2D eigenvalue weighted by molar-refractivity contribution is 5.97. The molecule has 0 aliphatic rings. The number of nitrogens with one attached hydrogen (secondary N) is 1. The Bertz CT molecular complexity index is 418. The molecule has 0 aromatic heterocycles. The van der Waals surface area contributed by atoms with E-state index in [-0.39, 0.29) is 12.5 Å². The van der Waals surface area contributed by atoms with Gasteiger partial charge in [-0.05, 0) is 18.6 Å². The highest BCUT2D eigenvalue weighted by Crippen LogP contribution is 2.08. The average Bonchev–Trinajstić information content (AvgIpc) is 2.37. The third kappa shape index (κ3) is 3.29. The van der Waals surface area contributed by atoms with Crippen molar-refractivity contribution < 1.29 is 14.3 Å². The van der Waals surface area contributed by atoms with E-state index in [9.17, 15) is 9.59 Å². The van der Waals surface area contributed by atoms with Crippen molar-refractivity contribution in [3.05, 3.63) is 35.4 Å². The third-order valence-corrected chi connectivity index (χ3v) is 2.38. The van der Waals surface area contributed by atoms with E-state index >= 15 is 0 Å². The van der Waals surface area contributed by atoms with Crippen molar-refractivity contribution in [1.29, 1.82) is 0 Å². The molecule has 1 rings (SSSR count). The van der Waals surface area contributed by atoms with Crippen molar-refractivity contribution in [3.8, 4) is 0 Å². The lowest BCUT2D eigenvalue weighted by Crippen LogP contribution is -2.39. The van der Waals surface area contributed by atoms with Crippen molar-refractivity contribution in [3.63, 3.8) is 0 Å². The van der Waals surface area contributed by atoms with Crippen LogP contribution in [0, 0.1) is 0 Å². The lowest BCUT2D eigenvalue weighted by molar-refractivity contribution is -0.142. The molecule has 5 nitrogen and oxygen atoms in total. The first-order chi connectivity index (χ1) is 8.10. The molecule has 0 saturated carbocycles. The van der Waals surface area contributed by atoms with E-state index in [1.54, 1.807) is 25.1 Å². The van der Waals surface area contributed by atoms with E-state index in [1.807, 2.05) is 6.07 Å². The Morgan fingerprint density at radius 2 is 2.06 bits per heavy atom. The van der Waals surface area contributed by atoms with Gasteiger partial charge in [0, 0.05) is 12.1 Å². The Hall–Kier alpha value is -1.88. The van der Waals surface area contributed by atoms with Crippen LogP contribution in [0.1, 0.15) is 22.8 Å². The van der Waals surface area contributed by atoms with Crippen LogP contribution < -0.4 is 11.1 Å². The summed E-state index contributed by atoms with van der Waals surface area (Å²) in [5.74, 6) is -0.812. The van der Waals surface area contributed by atoms with Gasteiger partial charge in [-0.3, -0.25) is 4.79 Å². The Labute approximate surface area is 99.9 Å². The van der Waals surface area contributed by atoms with Crippen LogP contribution in [0.3, 0.4) is 0 Å². The van der Waals surface area contributed by atoms with Crippen LogP contribution in [0.5, 0.6) is 0 Å². The standard InChI is InChI=1S/C12H16N2O3/c1-8(12(16)17-2)14-11(15)10-6-4-3-5-9(10)7-13/h3-6,8H,7,13H2,1-2H3,(H,14,15). The van der Waals surface area contributed by atoms with Gasteiger partial charge in [0.15, 0.2) is 0 Å². The molecule has 0 heterocycles. The molecule has 5 heteroatoms. The Balaban J connectivity index is 2.79. The normalized spacial score (nSPS) is 11.7. The topological polar surface area (TPSA) is 81.4 Å². The van der Waals surface area contributed by atoms with Crippen LogP contribution in [0.4, 0.5) is 0 Å². The molecule has 1 atom stereocenters. The average molecular weight is 236 g/mol. The van der Waals surface area contributed by atoms with E-state index in [0.717, 1.165) is 5.56 Å². The van der Waals surface area contributed by atoms with Gasteiger partial charge in [-0.25, -0.2) is 4.79 Å². The molecule has 1 amide bonds. The van der Waals surface area contributed by atoms with Crippen LogP contribution >= 0.6 is 0 Å². The molecule has 1 unspecified atom stereocenters. The molecular weight excluding hydrogens is 220 g/mol. The number of benzene rings is 1. The molecule has 0 radical (unpaired) electrons. The minimum absolute atomic E-state index is 0.274. The Morgan fingerprint density at radius 3 is 2.65 bits per heavy atom. The molecule has 0 aliphatic heterocycles. The minimum atomic E-state index is -0.682. The second kappa shape index (κ2) is 6.00. The molecule has 0 saturated heterocycles. The quantitative estimate of drug-likeness (QED) is 0.743. The summed E-state index contributed by atoms with van der Waals surface area (Å²) in [5.41, 5.74) is 6.75. The maximum absolute atomic E-state index is 11.9. The lowest BCUT2D eigenvalue weighted by Gasteiger charge is -2.13. The maximum atomic E-state index is 11.9. The highest BCUT2D eigenvalue weighted by atomic mass is 16.5. The fourth-order valence-electron chi connectivity index (χ4n) is 1.43. The number of amides is 1. The van der Waals surface area contributed by atoms with Crippen molar-refractivity contribution in [2.45, 2.75) is 19.5 Å². The molecule has 92 valence electrons. The van der Waals surface area contributed by atoms with Gasteiger partial charge in [0.2, 0.25) is 0 Å². The van der Waals surface area contributed by atoms with Crippen molar-refractivity contribution >= 4 is 11.9 Å². The van der Waals surface area contributed by atoms with E-state index in [2.05, 4.69) is 10.1 Å². The summed E-state index contributed by atoms with van der Waals surface area (Å²) in [5, 5.41) is 2.55. The number of methoxy groups -OCH3 is 1. The van der Waals surface area contributed by atoms with Crippen LogP contribution in [-0.2, 0) is 16.1 Å². The van der Waals surface area contributed by atoms with E-state index in [0.29, 0.717) is 5.56 Å². The van der Waals surface area contributed by atoms with E-state index in [4.69, 9.17) is 5.73 Å². The molecule has 1 aromatic carbocycles. The number of nitrogens with two attached hydrogens (primary N) is 1. The molecule has 3 N–H and O–H groups in total. The molecule has 0 spiro atoms. The van der Waals surface area contributed by atoms with Crippen molar-refractivity contribution in [1.82, 2.24) is 5.32 Å². The van der Waals surface area contributed by atoms with Gasteiger partial charge in [0.1, 0.15) is 6.04 Å². The molecule has 17 heavy (non-hydrogen) atoms. The first-order valence-corrected chi connectivity index (χ1v) is 5.26. The largest absolute Gasteiger partial charge is 0.467 e. The summed E-state index contributed by atoms with van der Waals surface area (Å²) in [6, 6.07) is 6.32. The maximum Gasteiger partial charge on any atom is 0.328 e. The van der Waals surface area contributed by atoms with Crippen LogP contribution in [0.2, 0.25) is 0 Å². The first-order valence-electron chi connectivity index (χ1n) is 5.26. The molecular formula is C12H16N2O3. The van der Waals surface area contributed by atoms with Crippen LogP contribution in [0.25, 0.3) is 0 Å². The summed E-state index contributed by atoms with van der Waals surface area (Å²) >= 11 is 0. The monoisotopic (exact) mass is 236 g/mol. The van der Waals surface area contributed by atoms with Crippen LogP contribution in [0.15, 0.2) is 24.3 Å². The SMILES string of the molecule is COC(=O)C(C)NC(=O)c1ccccc1CN. The van der Waals surface area contributed by atoms with Gasteiger partial charge in [0.25, 0.3) is 5.91 Å². The fourth-order valence-corrected chi connectivity index (χ4v) is 1.43. The summed E-state index contributed by atoms with van der Waals surface area (Å²) in [4.78, 5) is 23.1. The second-order valence-electron chi connectivity index (χ2n) is 3.58. The van der Waals surface area contributed by atoms with Crippen LogP contribution in [-0.4, -0.2) is 25.0 Å². The fraction of sp³-hybridized carbons (Fsp3) is 0.333. The van der Waals surface area contributed by atoms with E-state index < -0.39 is 12.0 Å². The first kappa shape index (κ1) is 13.2. The van der Waals surface area contributed by atoms with Gasteiger partial charge in [-0.15, -0.1) is 0 Å². The minimum Gasteiger partial charge on any atom is -0.467 e. The number of esters is 1. The zero-order chi connectivity index (χ0) is 12.8. The number of hydrogen-bond acceptors (Lipinski definition) is 4. The Kier molecular flexibility index (Phi) is 4.66. The molecule has 1 aromatic rings. The van der Waals surface area contributed by atoms with Gasteiger partial charge >= 0.3 is 5.97 Å². The van der Waals surface area contributed by atoms with Crippen molar-refractivity contribution in [2.75, 3.05) is 7.11 Å². The number of ether oxygens (including phenoxy) is 1. The number of rotatable bonds is 4. The summed E-state index contributed by atoms with van der Waals surface area (Å²) in [7, 11) is 1.28. The zero-order valence-electron chi connectivity index (χ0n) is 9.90. The van der Waals surface area contributed by atoms with Gasteiger partial charge in [-0.2, -0.15) is 0 Å². The van der Waals surface area contributed by atoms with Gasteiger partial charge < -0.3 is 15.8 Å². The second-order valence-corrected chi connectivity index (χ2v) is 3.58. The predicted molar refractivity (Wildman–Crippen MR) is 63.3 cm³/mol. The molecule has 0 aliphatic carbocycles.